The van der Waals surface area contributed by atoms with Crippen LogP contribution < -0.4 is 0 Å². The molecule has 1 rings (SSSR count). The highest BCUT2D eigenvalue weighted by atomic mass is 79.9. The number of aromatic hydroxyl groups is 1. The molecule has 0 aliphatic heterocycles. The lowest BCUT2D eigenvalue weighted by molar-refractivity contribution is 0.468. The quantitative estimate of drug-likeness (QED) is 0.702. The summed E-state index contributed by atoms with van der Waals surface area (Å²) in [5.41, 5.74) is 0. The van der Waals surface area contributed by atoms with Crippen LogP contribution in [0.2, 0.25) is 0 Å². The Morgan fingerprint density at radius 3 is 2.00 bits per heavy atom. The number of halogens is 2. The second kappa shape index (κ2) is 2.71. The van der Waals surface area contributed by atoms with Gasteiger partial charge in [-0.05, 0) is 0 Å². The van der Waals surface area contributed by atoms with Crippen molar-refractivity contribution in [3.8, 4) is 5.75 Å². The molecule has 0 saturated carbocycles. The molecule has 0 heterocycles. The molecule has 1 aromatic carbocycles. The zero-order valence-corrected chi connectivity index (χ0v) is 7.53. The number of phenolic OH excluding ortho intramolecular Hbond substituents is 1. The van der Waals surface area contributed by atoms with Gasteiger partial charge in [-0.15, -0.1) is 31.9 Å². The van der Waals surface area contributed by atoms with Crippen LogP contribution in [0.4, 0.5) is 0 Å². The van der Waals surface area contributed by atoms with Crippen LogP contribution >= 0.6 is 31.9 Å². The van der Waals surface area contributed by atoms with Crippen LogP contribution in [-0.2, 0) is 0 Å². The van der Waals surface area contributed by atoms with E-state index in [0.29, 0.717) is 8.95 Å². The van der Waals surface area contributed by atoms with E-state index in [-0.39, 0.29) is 5.75 Å². The number of rotatable bonds is 0. The molecule has 0 unspecified atom stereocenters. The molecule has 1 aromatic rings. The highest BCUT2D eigenvalue weighted by Crippen LogP contribution is 2.30. The molecule has 48 valence electrons. The molecule has 0 saturated heterocycles. The van der Waals surface area contributed by atoms with E-state index in [1.807, 2.05) is 0 Å². The molecule has 0 amide bonds. The summed E-state index contributed by atoms with van der Waals surface area (Å²) in [4.78, 5) is 0. The Morgan fingerprint density at radius 1 is 1.22 bits per heavy atom. The van der Waals surface area contributed by atoms with Crippen molar-refractivity contribution in [2.24, 2.45) is 0 Å². The van der Waals surface area contributed by atoms with Crippen LogP contribution in [0.5, 0.6) is 5.75 Å². The number of hydrogen-bond acceptors (Lipinski definition) is 1. The average molecular weight is 251 g/mol. The van der Waals surface area contributed by atoms with Gasteiger partial charge >= 0.3 is 0 Å². The highest BCUT2D eigenvalue weighted by Gasteiger charge is 1.88. The zero-order chi connectivity index (χ0) is 6.85. The summed E-state index contributed by atoms with van der Waals surface area (Å²) < 4.78 is 1.30. The van der Waals surface area contributed by atoms with Crippen LogP contribution in [0.1, 0.15) is 0 Å². The minimum Gasteiger partial charge on any atom is -0.531 e. The van der Waals surface area contributed by atoms with Crippen molar-refractivity contribution in [2.45, 2.75) is 0 Å². The van der Waals surface area contributed by atoms with Gasteiger partial charge in [0.1, 0.15) is 0 Å². The van der Waals surface area contributed by atoms with E-state index in [1.54, 1.807) is 12.1 Å². The fourth-order valence-corrected chi connectivity index (χ4v) is 1.40. The Bertz CT molecular complexity index is 202. The molecule has 0 fully saturated rings. The van der Waals surface area contributed by atoms with E-state index in [4.69, 9.17) is 5.11 Å². The van der Waals surface area contributed by atoms with E-state index in [9.17, 15) is 0 Å². The second-order valence-electron chi connectivity index (χ2n) is 1.50. The minimum absolute atomic E-state index is 0.216. The summed E-state index contributed by atoms with van der Waals surface area (Å²) in [6, 6.07) is 6.12. The highest BCUT2D eigenvalue weighted by molar-refractivity contribution is 9.11. The Labute approximate surface area is 70.0 Å². The number of phenols is 1. The third kappa shape index (κ3) is 1.46. The first kappa shape index (κ1) is 7.09. The van der Waals surface area contributed by atoms with Gasteiger partial charge in [-0.2, -0.15) is 18.2 Å². The topological polar surface area (TPSA) is 20.2 Å². The molecule has 9 heavy (non-hydrogen) atoms. The molecule has 0 aromatic heterocycles. The van der Waals surface area contributed by atoms with E-state index in [2.05, 4.69) is 37.9 Å². The lowest BCUT2D eigenvalue weighted by Gasteiger charge is -2.06. The smallest absolute Gasteiger partial charge is 0.0358 e. The molecule has 0 aliphatic rings. The normalized spacial score (nSPS) is 9.56. The standard InChI is InChI=1S/C6H3Br2O/c7-4-2-1-3-5(8)6(4)9/h2-3,9H/q-1. The first-order chi connectivity index (χ1) is 4.22. The van der Waals surface area contributed by atoms with Gasteiger partial charge in [0, 0.05) is 5.75 Å². The summed E-state index contributed by atoms with van der Waals surface area (Å²) in [5.74, 6) is 0.216. The van der Waals surface area contributed by atoms with Crippen molar-refractivity contribution < 1.29 is 5.11 Å². The summed E-state index contributed by atoms with van der Waals surface area (Å²) in [7, 11) is 0. The average Bonchev–Trinajstić information content (AvgIpc) is 1.83. The summed E-state index contributed by atoms with van der Waals surface area (Å²) >= 11 is 6.27. The van der Waals surface area contributed by atoms with Gasteiger partial charge in [-0.1, -0.05) is 8.95 Å². The van der Waals surface area contributed by atoms with E-state index in [1.165, 1.54) is 0 Å². The Balaban J connectivity index is 3.25. The Kier molecular flexibility index (Phi) is 2.13. The van der Waals surface area contributed by atoms with Crippen LogP contribution in [0.15, 0.2) is 21.1 Å². The first-order valence-electron chi connectivity index (χ1n) is 2.26. The summed E-state index contributed by atoms with van der Waals surface area (Å²) in [6.07, 6.45) is 0. The predicted molar refractivity (Wildman–Crippen MR) is 42.3 cm³/mol. The third-order valence-corrected chi connectivity index (χ3v) is 2.08. The largest absolute Gasteiger partial charge is 0.531 e. The fourth-order valence-electron chi connectivity index (χ4n) is 0.439. The maximum Gasteiger partial charge on any atom is 0.0358 e. The third-order valence-electron chi connectivity index (χ3n) is 0.873. The lowest BCUT2D eigenvalue weighted by Crippen LogP contribution is -1.69. The summed E-state index contributed by atoms with van der Waals surface area (Å²) in [5, 5.41) is 9.09. The minimum atomic E-state index is 0.216. The molecule has 0 radical (unpaired) electrons. The molecule has 1 nitrogen and oxygen atoms in total. The van der Waals surface area contributed by atoms with Gasteiger partial charge in [-0.25, -0.2) is 0 Å². The van der Waals surface area contributed by atoms with Gasteiger partial charge in [0.2, 0.25) is 0 Å². The van der Waals surface area contributed by atoms with E-state index < -0.39 is 0 Å². The van der Waals surface area contributed by atoms with Crippen molar-refractivity contribution in [1.82, 2.24) is 0 Å². The molecule has 0 spiro atoms. The predicted octanol–water partition coefficient (Wildman–Crippen LogP) is 2.72. The maximum absolute atomic E-state index is 9.09. The maximum atomic E-state index is 9.09. The van der Waals surface area contributed by atoms with Crippen molar-refractivity contribution in [2.75, 3.05) is 0 Å². The Morgan fingerprint density at radius 2 is 1.67 bits per heavy atom. The zero-order valence-electron chi connectivity index (χ0n) is 4.36. The van der Waals surface area contributed by atoms with Gasteiger partial charge in [0.05, 0.1) is 0 Å². The van der Waals surface area contributed by atoms with Gasteiger partial charge in [0.15, 0.2) is 0 Å². The van der Waals surface area contributed by atoms with Crippen LogP contribution in [-0.4, -0.2) is 5.11 Å². The van der Waals surface area contributed by atoms with Crippen LogP contribution in [0.25, 0.3) is 0 Å². The number of benzene rings is 1. The van der Waals surface area contributed by atoms with Crippen molar-refractivity contribution in [3.63, 3.8) is 0 Å². The van der Waals surface area contributed by atoms with Crippen molar-refractivity contribution >= 4 is 31.9 Å². The van der Waals surface area contributed by atoms with Gasteiger partial charge < -0.3 is 5.11 Å². The van der Waals surface area contributed by atoms with E-state index in [0.717, 1.165) is 0 Å². The SMILES string of the molecule is Oc1c(Br)c[c-]cc1Br. The van der Waals surface area contributed by atoms with Crippen molar-refractivity contribution in [1.29, 1.82) is 0 Å². The van der Waals surface area contributed by atoms with Gasteiger partial charge in [0.25, 0.3) is 0 Å². The molecule has 0 aliphatic carbocycles. The number of hydrogen-bond donors (Lipinski definition) is 1. The molecule has 0 bridgehead atoms. The molecular formula is C6H3Br2O-. The van der Waals surface area contributed by atoms with Crippen LogP contribution in [0.3, 0.4) is 0 Å². The fraction of sp³-hybridized carbons (Fsp3) is 0. The summed E-state index contributed by atoms with van der Waals surface area (Å²) in [6.45, 7) is 0. The second-order valence-corrected chi connectivity index (χ2v) is 3.21. The van der Waals surface area contributed by atoms with Crippen molar-refractivity contribution in [3.05, 3.63) is 27.1 Å². The van der Waals surface area contributed by atoms with Crippen LogP contribution in [0, 0.1) is 6.07 Å². The molecular weight excluding hydrogens is 248 g/mol. The molecule has 1 N–H and O–H groups in total. The monoisotopic (exact) mass is 249 g/mol. The van der Waals surface area contributed by atoms with Gasteiger partial charge in [-0.3, -0.25) is 0 Å². The Hall–Kier alpha value is -0.0200. The first-order valence-corrected chi connectivity index (χ1v) is 3.84. The molecule has 0 atom stereocenters. The lowest BCUT2D eigenvalue weighted by atomic mass is 10.3. The molecule has 3 heteroatoms. The van der Waals surface area contributed by atoms with E-state index >= 15 is 0 Å².